The lowest BCUT2D eigenvalue weighted by Gasteiger charge is -2.26. The SMILES string of the molecule is N#Cc1ccc(Cn2cc(/C=C3\C(=O)NC(=O)N(Cc4ccccc4)C3=O)c3ccccc32)cc1. The van der Waals surface area contributed by atoms with E-state index >= 15 is 0 Å². The zero-order valence-corrected chi connectivity index (χ0v) is 18.6. The molecular formula is C28H20N4O3. The van der Waals surface area contributed by atoms with Crippen LogP contribution in [-0.2, 0) is 22.7 Å². The molecule has 35 heavy (non-hydrogen) atoms. The highest BCUT2D eigenvalue weighted by Crippen LogP contribution is 2.26. The van der Waals surface area contributed by atoms with E-state index in [9.17, 15) is 14.4 Å². The summed E-state index contributed by atoms with van der Waals surface area (Å²) in [5, 5.41) is 12.2. The molecule has 1 saturated heterocycles. The molecule has 0 saturated carbocycles. The summed E-state index contributed by atoms with van der Waals surface area (Å²) in [5.74, 6) is -1.35. The average molecular weight is 460 g/mol. The zero-order chi connectivity index (χ0) is 24.4. The second-order valence-corrected chi connectivity index (χ2v) is 8.23. The number of nitriles is 1. The second kappa shape index (κ2) is 9.12. The van der Waals surface area contributed by atoms with Gasteiger partial charge in [0.2, 0.25) is 0 Å². The fourth-order valence-corrected chi connectivity index (χ4v) is 4.16. The number of hydrogen-bond acceptors (Lipinski definition) is 4. The zero-order valence-electron chi connectivity index (χ0n) is 18.6. The molecule has 4 amide bonds. The lowest BCUT2D eigenvalue weighted by molar-refractivity contribution is -0.130. The van der Waals surface area contributed by atoms with Crippen LogP contribution in [0.15, 0.2) is 90.6 Å². The van der Waals surface area contributed by atoms with Crippen LogP contribution in [-0.4, -0.2) is 27.3 Å². The third kappa shape index (κ3) is 4.33. The monoisotopic (exact) mass is 460 g/mol. The van der Waals surface area contributed by atoms with Gasteiger partial charge in [0.15, 0.2) is 0 Å². The third-order valence-electron chi connectivity index (χ3n) is 5.92. The molecule has 1 aliphatic rings. The van der Waals surface area contributed by atoms with Crippen molar-refractivity contribution in [2.24, 2.45) is 0 Å². The van der Waals surface area contributed by atoms with E-state index in [-0.39, 0.29) is 12.1 Å². The summed E-state index contributed by atoms with van der Waals surface area (Å²) in [6, 6.07) is 25.6. The number of benzene rings is 3. The van der Waals surface area contributed by atoms with Crippen LogP contribution in [0.4, 0.5) is 4.79 Å². The van der Waals surface area contributed by atoms with Crippen molar-refractivity contribution in [3.8, 4) is 6.07 Å². The van der Waals surface area contributed by atoms with Gasteiger partial charge in [0, 0.05) is 29.2 Å². The van der Waals surface area contributed by atoms with E-state index in [1.165, 1.54) is 0 Å². The van der Waals surface area contributed by atoms with E-state index in [4.69, 9.17) is 5.26 Å². The molecule has 0 spiro atoms. The van der Waals surface area contributed by atoms with Crippen LogP contribution in [0.25, 0.3) is 17.0 Å². The van der Waals surface area contributed by atoms with Gasteiger partial charge >= 0.3 is 6.03 Å². The number of amides is 4. The number of nitrogens with one attached hydrogen (secondary N) is 1. The number of aromatic nitrogens is 1. The minimum absolute atomic E-state index is 0.0661. The summed E-state index contributed by atoms with van der Waals surface area (Å²) in [6.45, 7) is 0.616. The minimum Gasteiger partial charge on any atom is -0.342 e. The maximum absolute atomic E-state index is 13.2. The van der Waals surface area contributed by atoms with E-state index in [1.54, 1.807) is 18.2 Å². The summed E-state index contributed by atoms with van der Waals surface area (Å²) in [6.07, 6.45) is 3.42. The van der Waals surface area contributed by atoms with Crippen LogP contribution in [0.1, 0.15) is 22.3 Å². The lowest BCUT2D eigenvalue weighted by atomic mass is 10.1. The van der Waals surface area contributed by atoms with Crippen molar-refractivity contribution in [3.05, 3.63) is 113 Å². The highest BCUT2D eigenvalue weighted by atomic mass is 16.2. The molecule has 1 aromatic heterocycles. The maximum Gasteiger partial charge on any atom is 0.331 e. The van der Waals surface area contributed by atoms with Gasteiger partial charge in [-0.1, -0.05) is 60.7 Å². The first-order chi connectivity index (χ1) is 17.0. The average Bonchev–Trinajstić information content (AvgIpc) is 3.22. The van der Waals surface area contributed by atoms with Crippen molar-refractivity contribution in [3.63, 3.8) is 0 Å². The van der Waals surface area contributed by atoms with Crippen molar-refractivity contribution < 1.29 is 14.4 Å². The van der Waals surface area contributed by atoms with Gasteiger partial charge in [0.05, 0.1) is 18.2 Å². The van der Waals surface area contributed by atoms with E-state index in [2.05, 4.69) is 11.4 Å². The number of hydrogen-bond donors (Lipinski definition) is 1. The van der Waals surface area contributed by atoms with Crippen molar-refractivity contribution in [1.82, 2.24) is 14.8 Å². The van der Waals surface area contributed by atoms with E-state index in [1.807, 2.05) is 77.5 Å². The van der Waals surface area contributed by atoms with Crippen molar-refractivity contribution in [2.45, 2.75) is 13.1 Å². The number of rotatable bonds is 5. The molecular weight excluding hydrogens is 440 g/mol. The molecule has 3 aromatic carbocycles. The number of urea groups is 1. The van der Waals surface area contributed by atoms with E-state index < -0.39 is 17.8 Å². The number of para-hydroxylation sites is 1. The Morgan fingerprint density at radius 1 is 0.829 bits per heavy atom. The molecule has 170 valence electrons. The van der Waals surface area contributed by atoms with Crippen LogP contribution in [0.5, 0.6) is 0 Å². The van der Waals surface area contributed by atoms with Gasteiger partial charge in [-0.15, -0.1) is 0 Å². The molecule has 7 nitrogen and oxygen atoms in total. The Labute approximate surface area is 201 Å². The first-order valence-electron chi connectivity index (χ1n) is 11.0. The van der Waals surface area contributed by atoms with Gasteiger partial charge in [-0.2, -0.15) is 5.26 Å². The molecule has 2 heterocycles. The van der Waals surface area contributed by atoms with Crippen LogP contribution in [0.2, 0.25) is 0 Å². The van der Waals surface area contributed by atoms with E-state index in [0.29, 0.717) is 17.7 Å². The van der Waals surface area contributed by atoms with Gasteiger partial charge < -0.3 is 4.57 Å². The molecule has 0 aliphatic carbocycles. The number of carbonyl (C=O) groups is 3. The predicted octanol–water partition coefficient (Wildman–Crippen LogP) is 4.22. The van der Waals surface area contributed by atoms with Gasteiger partial charge in [0.1, 0.15) is 5.57 Å². The first-order valence-corrected chi connectivity index (χ1v) is 11.0. The summed E-state index contributed by atoms with van der Waals surface area (Å²) in [4.78, 5) is 39.3. The molecule has 1 aliphatic heterocycles. The number of barbiturate groups is 1. The quantitative estimate of drug-likeness (QED) is 0.356. The highest BCUT2D eigenvalue weighted by molar-refractivity contribution is 6.31. The molecule has 0 radical (unpaired) electrons. The van der Waals surface area contributed by atoms with Gasteiger partial charge in [-0.05, 0) is 35.4 Å². The Bertz CT molecular complexity index is 1530. The van der Waals surface area contributed by atoms with Gasteiger partial charge in [-0.3, -0.25) is 19.8 Å². The minimum atomic E-state index is -0.732. The standard InChI is InChI=1S/C28H20N4O3/c29-15-19-10-12-21(13-11-19)16-31-18-22(23-8-4-5-9-25(23)31)14-24-26(33)30-28(35)32(27(24)34)17-20-6-2-1-3-7-20/h1-14,18H,16-17H2,(H,30,33,35)/b24-14+. The first kappa shape index (κ1) is 21.9. The molecule has 1 N–H and O–H groups in total. The van der Waals surface area contributed by atoms with Crippen LogP contribution in [0.3, 0.4) is 0 Å². The maximum atomic E-state index is 13.2. The fraction of sp³-hybridized carbons (Fsp3) is 0.0714. The molecule has 7 heteroatoms. The summed E-state index contributed by atoms with van der Waals surface area (Å²) in [5.41, 5.74) is 3.92. The Hall–Kier alpha value is -4.96. The Morgan fingerprint density at radius 3 is 2.26 bits per heavy atom. The van der Waals surface area contributed by atoms with E-state index in [0.717, 1.165) is 26.9 Å². The van der Waals surface area contributed by atoms with Crippen molar-refractivity contribution in [2.75, 3.05) is 0 Å². The molecule has 4 aromatic rings. The lowest BCUT2D eigenvalue weighted by Crippen LogP contribution is -2.53. The Morgan fingerprint density at radius 2 is 1.51 bits per heavy atom. The summed E-state index contributed by atoms with van der Waals surface area (Å²) >= 11 is 0. The van der Waals surface area contributed by atoms with Gasteiger partial charge in [0.25, 0.3) is 11.8 Å². The third-order valence-corrected chi connectivity index (χ3v) is 5.92. The summed E-state index contributed by atoms with van der Waals surface area (Å²) < 4.78 is 2.03. The molecule has 5 rings (SSSR count). The Kier molecular flexibility index (Phi) is 5.70. The van der Waals surface area contributed by atoms with Crippen LogP contribution in [0, 0.1) is 11.3 Å². The Balaban J connectivity index is 1.50. The fourth-order valence-electron chi connectivity index (χ4n) is 4.16. The topological polar surface area (TPSA) is 95.2 Å². The second-order valence-electron chi connectivity index (χ2n) is 8.23. The summed E-state index contributed by atoms with van der Waals surface area (Å²) in [7, 11) is 0. The number of carbonyl (C=O) groups excluding carboxylic acids is 3. The number of imide groups is 2. The predicted molar refractivity (Wildman–Crippen MR) is 131 cm³/mol. The largest absolute Gasteiger partial charge is 0.342 e. The molecule has 0 bridgehead atoms. The number of fused-ring (bicyclic) bond motifs is 1. The van der Waals surface area contributed by atoms with Crippen LogP contribution < -0.4 is 5.32 Å². The van der Waals surface area contributed by atoms with Crippen molar-refractivity contribution in [1.29, 1.82) is 5.26 Å². The molecule has 1 fully saturated rings. The van der Waals surface area contributed by atoms with Crippen LogP contribution >= 0.6 is 0 Å². The number of nitrogens with zero attached hydrogens (tertiary/aromatic N) is 3. The molecule has 0 atom stereocenters. The normalized spacial score (nSPS) is 14.9. The smallest absolute Gasteiger partial charge is 0.331 e. The molecule has 0 unspecified atom stereocenters. The highest BCUT2D eigenvalue weighted by Gasteiger charge is 2.35. The van der Waals surface area contributed by atoms with Crippen molar-refractivity contribution >= 4 is 34.8 Å². The van der Waals surface area contributed by atoms with Gasteiger partial charge in [-0.25, -0.2) is 4.79 Å².